The number of fused-ring (bicyclic) bond motifs is 1. The second-order valence-corrected chi connectivity index (χ2v) is 7.07. The molecule has 0 amide bonds. The van der Waals surface area contributed by atoms with Crippen LogP contribution in [0.2, 0.25) is 0 Å². The second-order valence-electron chi connectivity index (χ2n) is 6.07. The van der Waals surface area contributed by atoms with Crippen LogP contribution in [0.15, 0.2) is 10.6 Å². The lowest BCUT2D eigenvalue weighted by atomic mass is 9.98. The Bertz CT molecular complexity index is 802. The molecular formula is C15H19N5O2S. The predicted molar refractivity (Wildman–Crippen MR) is 87.8 cm³/mol. The molecule has 1 aliphatic rings. The number of nitrogens with one attached hydrogen (secondary N) is 1. The fraction of sp³-hybridized carbons (Fsp3) is 0.533. The Morgan fingerprint density at radius 1 is 1.39 bits per heavy atom. The Morgan fingerprint density at radius 3 is 3.00 bits per heavy atom. The van der Waals surface area contributed by atoms with Crippen molar-refractivity contribution in [3.8, 4) is 0 Å². The number of anilines is 1. The number of hydrogen-bond donors (Lipinski definition) is 1. The van der Waals surface area contributed by atoms with Crippen molar-refractivity contribution in [1.82, 2.24) is 19.9 Å². The molecule has 2 atom stereocenters. The van der Waals surface area contributed by atoms with Gasteiger partial charge in [0.05, 0.1) is 35.3 Å². The molecule has 0 spiro atoms. The summed E-state index contributed by atoms with van der Waals surface area (Å²) in [7, 11) is 1.92. The molecule has 4 rings (SSSR count). The zero-order valence-electron chi connectivity index (χ0n) is 13.4. The molecule has 23 heavy (non-hydrogen) atoms. The van der Waals surface area contributed by atoms with E-state index < -0.39 is 0 Å². The molecule has 3 aromatic heterocycles. The molecule has 1 saturated heterocycles. The quantitative estimate of drug-likeness (QED) is 0.789. The monoisotopic (exact) mass is 333 g/mol. The topological polar surface area (TPSA) is 78.0 Å². The van der Waals surface area contributed by atoms with Gasteiger partial charge in [-0.1, -0.05) is 16.5 Å². The maximum Gasteiger partial charge on any atom is 0.185 e. The van der Waals surface area contributed by atoms with Gasteiger partial charge >= 0.3 is 0 Å². The Kier molecular flexibility index (Phi) is 3.57. The lowest BCUT2D eigenvalue weighted by molar-refractivity contribution is 0.183. The lowest BCUT2D eigenvalue weighted by Gasteiger charge is -2.17. The number of ether oxygens (including phenoxy) is 1. The molecular weight excluding hydrogens is 314 g/mol. The number of hydrogen-bond acceptors (Lipinski definition) is 7. The van der Waals surface area contributed by atoms with E-state index in [0.29, 0.717) is 12.5 Å². The molecule has 1 aliphatic heterocycles. The van der Waals surface area contributed by atoms with E-state index in [9.17, 15) is 0 Å². The molecule has 1 N–H and O–H groups in total. The summed E-state index contributed by atoms with van der Waals surface area (Å²) in [5, 5.41) is 12.8. The molecule has 0 aliphatic carbocycles. The number of nitrogens with zero attached hydrogens (tertiary/aromatic N) is 4. The summed E-state index contributed by atoms with van der Waals surface area (Å²) in [6.45, 7) is 5.36. The summed E-state index contributed by atoms with van der Waals surface area (Å²) in [6, 6.07) is 2.22. The Balaban J connectivity index is 1.50. The van der Waals surface area contributed by atoms with E-state index in [1.165, 1.54) is 0 Å². The zero-order valence-corrected chi connectivity index (χ0v) is 14.2. The molecule has 0 unspecified atom stereocenters. The van der Waals surface area contributed by atoms with Crippen LogP contribution in [-0.2, 0) is 18.2 Å². The highest BCUT2D eigenvalue weighted by atomic mass is 32.1. The van der Waals surface area contributed by atoms with E-state index >= 15 is 0 Å². The molecule has 3 aromatic rings. The van der Waals surface area contributed by atoms with Crippen LogP contribution < -0.4 is 5.32 Å². The van der Waals surface area contributed by atoms with E-state index in [-0.39, 0.29) is 6.04 Å². The smallest absolute Gasteiger partial charge is 0.185 e. The fourth-order valence-electron chi connectivity index (χ4n) is 3.04. The van der Waals surface area contributed by atoms with Crippen molar-refractivity contribution < 1.29 is 9.26 Å². The Hall–Kier alpha value is -1.93. The first kappa shape index (κ1) is 14.6. The highest BCUT2D eigenvalue weighted by Crippen LogP contribution is 2.30. The summed E-state index contributed by atoms with van der Waals surface area (Å²) in [5.41, 5.74) is 2.86. The standard InChI is InChI=1S/C15H19N5O2S/c1-8-4-11(22-19-8)5-10-6-21-7-12(10)16-15-17-14-13(23-15)9(2)18-20(14)3/h4,10,12H,5-7H2,1-3H3,(H,16,17)/t10-,12+/m0/s1. The van der Waals surface area contributed by atoms with Crippen molar-refractivity contribution >= 4 is 26.8 Å². The van der Waals surface area contributed by atoms with Gasteiger partial charge in [-0.2, -0.15) is 5.10 Å². The van der Waals surface area contributed by atoms with Gasteiger partial charge in [0.1, 0.15) is 5.76 Å². The number of aryl methyl sites for hydroxylation is 3. The molecule has 0 aromatic carbocycles. The third-order valence-corrected chi connectivity index (χ3v) is 5.28. The maximum absolute atomic E-state index is 5.66. The lowest BCUT2D eigenvalue weighted by Crippen LogP contribution is -2.29. The highest BCUT2D eigenvalue weighted by Gasteiger charge is 2.30. The van der Waals surface area contributed by atoms with Crippen molar-refractivity contribution in [1.29, 1.82) is 0 Å². The van der Waals surface area contributed by atoms with Gasteiger partial charge in [0, 0.05) is 25.5 Å². The molecule has 122 valence electrons. The van der Waals surface area contributed by atoms with Crippen LogP contribution in [0.4, 0.5) is 5.13 Å². The van der Waals surface area contributed by atoms with E-state index in [0.717, 1.165) is 45.7 Å². The molecule has 0 saturated carbocycles. The zero-order chi connectivity index (χ0) is 16.0. The minimum absolute atomic E-state index is 0.231. The summed E-state index contributed by atoms with van der Waals surface area (Å²) in [5.74, 6) is 1.27. The van der Waals surface area contributed by atoms with E-state index in [1.807, 2.05) is 31.6 Å². The molecule has 0 bridgehead atoms. The van der Waals surface area contributed by atoms with Crippen LogP contribution in [0.25, 0.3) is 10.3 Å². The van der Waals surface area contributed by atoms with E-state index in [1.54, 1.807) is 11.3 Å². The average molecular weight is 333 g/mol. The van der Waals surface area contributed by atoms with Gasteiger partial charge in [-0.05, 0) is 13.8 Å². The third-order valence-electron chi connectivity index (χ3n) is 4.19. The van der Waals surface area contributed by atoms with Crippen LogP contribution >= 0.6 is 11.3 Å². The van der Waals surface area contributed by atoms with Crippen LogP contribution in [-0.4, -0.2) is 39.2 Å². The number of aromatic nitrogens is 4. The van der Waals surface area contributed by atoms with Gasteiger partial charge in [-0.3, -0.25) is 0 Å². The third kappa shape index (κ3) is 2.72. The largest absolute Gasteiger partial charge is 0.379 e. The summed E-state index contributed by atoms with van der Waals surface area (Å²) in [4.78, 5) is 4.66. The van der Waals surface area contributed by atoms with Gasteiger partial charge < -0.3 is 14.6 Å². The highest BCUT2D eigenvalue weighted by molar-refractivity contribution is 7.22. The minimum atomic E-state index is 0.231. The molecule has 0 radical (unpaired) electrons. The first-order chi connectivity index (χ1) is 11.1. The maximum atomic E-state index is 5.66. The van der Waals surface area contributed by atoms with Gasteiger partial charge in [0.15, 0.2) is 10.8 Å². The first-order valence-corrected chi connectivity index (χ1v) is 8.48. The van der Waals surface area contributed by atoms with Crippen LogP contribution in [0.5, 0.6) is 0 Å². The van der Waals surface area contributed by atoms with Crippen LogP contribution in [0.3, 0.4) is 0 Å². The first-order valence-electron chi connectivity index (χ1n) is 7.67. The Labute approximate surface area is 137 Å². The minimum Gasteiger partial charge on any atom is -0.379 e. The summed E-state index contributed by atoms with van der Waals surface area (Å²) in [6.07, 6.45) is 0.823. The Morgan fingerprint density at radius 2 is 2.26 bits per heavy atom. The SMILES string of the molecule is Cc1cc(C[C@H]2COC[C@H]2Nc2nc3c(s2)c(C)nn3C)on1. The molecule has 1 fully saturated rings. The normalized spacial score (nSPS) is 21.3. The van der Waals surface area contributed by atoms with Crippen molar-refractivity contribution in [2.24, 2.45) is 13.0 Å². The van der Waals surface area contributed by atoms with Crippen molar-refractivity contribution in [2.75, 3.05) is 18.5 Å². The number of thiazole rings is 1. The fourth-order valence-corrected chi connectivity index (χ4v) is 4.03. The summed E-state index contributed by atoms with van der Waals surface area (Å²) < 4.78 is 14.0. The van der Waals surface area contributed by atoms with Gasteiger partial charge in [0.25, 0.3) is 0 Å². The van der Waals surface area contributed by atoms with Crippen molar-refractivity contribution in [3.05, 3.63) is 23.2 Å². The molecule has 7 nitrogen and oxygen atoms in total. The van der Waals surface area contributed by atoms with Crippen molar-refractivity contribution in [2.45, 2.75) is 26.3 Å². The van der Waals surface area contributed by atoms with E-state index in [2.05, 4.69) is 20.6 Å². The van der Waals surface area contributed by atoms with Crippen LogP contribution in [0, 0.1) is 19.8 Å². The van der Waals surface area contributed by atoms with Crippen LogP contribution in [0.1, 0.15) is 17.1 Å². The average Bonchev–Trinajstić information content (AvgIpc) is 3.24. The van der Waals surface area contributed by atoms with Gasteiger partial charge in [-0.15, -0.1) is 0 Å². The van der Waals surface area contributed by atoms with Gasteiger partial charge in [0.2, 0.25) is 0 Å². The van der Waals surface area contributed by atoms with Crippen molar-refractivity contribution in [3.63, 3.8) is 0 Å². The predicted octanol–water partition coefficient (Wildman–Crippen LogP) is 2.30. The van der Waals surface area contributed by atoms with E-state index in [4.69, 9.17) is 9.26 Å². The second kappa shape index (κ2) is 5.61. The molecule has 4 heterocycles. The molecule has 8 heteroatoms. The number of rotatable bonds is 4. The van der Waals surface area contributed by atoms with Gasteiger partial charge in [-0.25, -0.2) is 9.67 Å². The summed E-state index contributed by atoms with van der Waals surface area (Å²) >= 11 is 1.65.